The summed E-state index contributed by atoms with van der Waals surface area (Å²) in [4.78, 5) is 12.0. The molecule has 0 bridgehead atoms. The monoisotopic (exact) mass is 307 g/mol. The number of hydrogen-bond acceptors (Lipinski definition) is 4. The van der Waals surface area contributed by atoms with Crippen LogP contribution in [0.1, 0.15) is 36.9 Å². The van der Waals surface area contributed by atoms with E-state index in [1.807, 2.05) is 32.9 Å². The minimum Gasteiger partial charge on any atom is -0.467 e. The summed E-state index contributed by atoms with van der Waals surface area (Å²) in [5, 5.41) is 3.53. The minimum atomic E-state index is -0.545. The fourth-order valence-corrected chi connectivity index (χ4v) is 1.98. The standard InChI is InChI=1S/C16H18ClNO3/c1-16(2,3)21-15(19)13-7-6-11(9-14(13)17)18-10-12-5-4-8-20-12/h4-9,18H,10H2,1-3H3. The Morgan fingerprint density at radius 2 is 2.10 bits per heavy atom. The molecule has 0 atom stereocenters. The fourth-order valence-electron chi connectivity index (χ4n) is 1.73. The van der Waals surface area contributed by atoms with Gasteiger partial charge in [-0.15, -0.1) is 0 Å². The molecule has 0 aliphatic rings. The van der Waals surface area contributed by atoms with Gasteiger partial charge in [0.15, 0.2) is 0 Å². The number of carbonyl (C=O) groups is 1. The van der Waals surface area contributed by atoms with Gasteiger partial charge in [-0.3, -0.25) is 0 Å². The third-order valence-corrected chi connectivity index (χ3v) is 2.95. The molecular formula is C16H18ClNO3. The van der Waals surface area contributed by atoms with E-state index in [4.69, 9.17) is 20.8 Å². The SMILES string of the molecule is CC(C)(C)OC(=O)c1ccc(NCc2ccco2)cc1Cl. The molecular weight excluding hydrogens is 290 g/mol. The van der Waals surface area contributed by atoms with Gasteiger partial charge in [-0.1, -0.05) is 11.6 Å². The molecule has 0 saturated carbocycles. The van der Waals surface area contributed by atoms with Gasteiger partial charge < -0.3 is 14.5 Å². The van der Waals surface area contributed by atoms with E-state index in [0.29, 0.717) is 17.1 Å². The van der Waals surface area contributed by atoms with Crippen LogP contribution in [0.2, 0.25) is 5.02 Å². The number of furan rings is 1. The lowest BCUT2D eigenvalue weighted by Crippen LogP contribution is -2.24. The zero-order valence-corrected chi connectivity index (χ0v) is 13.0. The lowest BCUT2D eigenvalue weighted by Gasteiger charge is -2.20. The highest BCUT2D eigenvalue weighted by Gasteiger charge is 2.20. The lowest BCUT2D eigenvalue weighted by molar-refractivity contribution is 0.00698. The Bertz CT molecular complexity index is 615. The Morgan fingerprint density at radius 3 is 2.67 bits per heavy atom. The number of nitrogens with one attached hydrogen (secondary N) is 1. The van der Waals surface area contributed by atoms with Gasteiger partial charge in [0.1, 0.15) is 11.4 Å². The number of esters is 1. The average molecular weight is 308 g/mol. The summed E-state index contributed by atoms with van der Waals surface area (Å²) in [6, 6.07) is 8.85. The van der Waals surface area contributed by atoms with Gasteiger partial charge in [-0.2, -0.15) is 0 Å². The van der Waals surface area contributed by atoms with Gasteiger partial charge in [0.25, 0.3) is 0 Å². The largest absolute Gasteiger partial charge is 0.467 e. The first kappa shape index (κ1) is 15.4. The Hall–Kier alpha value is -1.94. The molecule has 4 nitrogen and oxygen atoms in total. The number of anilines is 1. The number of ether oxygens (including phenoxy) is 1. The Labute approximate surface area is 129 Å². The molecule has 1 N–H and O–H groups in total. The summed E-state index contributed by atoms with van der Waals surface area (Å²) >= 11 is 6.15. The maximum atomic E-state index is 12.0. The molecule has 2 aromatic rings. The quantitative estimate of drug-likeness (QED) is 0.845. The van der Waals surface area contributed by atoms with Gasteiger partial charge in [-0.25, -0.2) is 4.79 Å². The van der Waals surface area contributed by atoms with Crippen molar-refractivity contribution in [3.63, 3.8) is 0 Å². The van der Waals surface area contributed by atoms with Gasteiger partial charge >= 0.3 is 5.97 Å². The second-order valence-corrected chi connectivity index (χ2v) is 6.04. The van der Waals surface area contributed by atoms with E-state index in [1.54, 1.807) is 24.5 Å². The third kappa shape index (κ3) is 4.53. The maximum absolute atomic E-state index is 12.0. The zero-order valence-electron chi connectivity index (χ0n) is 12.3. The highest BCUT2D eigenvalue weighted by atomic mass is 35.5. The van der Waals surface area contributed by atoms with Crippen LogP contribution in [-0.4, -0.2) is 11.6 Å². The van der Waals surface area contributed by atoms with Gasteiger partial charge in [0.2, 0.25) is 0 Å². The van der Waals surface area contributed by atoms with E-state index in [2.05, 4.69) is 5.32 Å². The number of rotatable bonds is 4. The summed E-state index contributed by atoms with van der Waals surface area (Å²) < 4.78 is 10.5. The number of benzene rings is 1. The minimum absolute atomic E-state index is 0.355. The van der Waals surface area contributed by atoms with E-state index in [0.717, 1.165) is 11.4 Å². The van der Waals surface area contributed by atoms with E-state index < -0.39 is 11.6 Å². The van der Waals surface area contributed by atoms with Gasteiger partial charge in [-0.05, 0) is 51.1 Å². The third-order valence-electron chi connectivity index (χ3n) is 2.63. The normalized spacial score (nSPS) is 11.2. The van der Waals surface area contributed by atoms with E-state index >= 15 is 0 Å². The molecule has 1 heterocycles. The summed E-state index contributed by atoms with van der Waals surface area (Å²) in [6.45, 7) is 6.00. The maximum Gasteiger partial charge on any atom is 0.340 e. The van der Waals surface area contributed by atoms with Crippen molar-refractivity contribution in [1.29, 1.82) is 0 Å². The zero-order chi connectivity index (χ0) is 15.5. The number of hydrogen-bond donors (Lipinski definition) is 1. The summed E-state index contributed by atoms with van der Waals surface area (Å²) in [6.07, 6.45) is 1.62. The molecule has 0 aliphatic heterocycles. The lowest BCUT2D eigenvalue weighted by atomic mass is 10.1. The Kier molecular flexibility index (Phi) is 4.58. The van der Waals surface area contributed by atoms with Gasteiger partial charge in [0.05, 0.1) is 23.4 Å². The summed E-state index contributed by atoms with van der Waals surface area (Å²) in [7, 11) is 0. The molecule has 1 aromatic carbocycles. The number of halogens is 1. The Morgan fingerprint density at radius 1 is 1.33 bits per heavy atom. The fraction of sp³-hybridized carbons (Fsp3) is 0.312. The molecule has 21 heavy (non-hydrogen) atoms. The van der Waals surface area contributed by atoms with Crippen LogP contribution in [0.25, 0.3) is 0 Å². The molecule has 1 aromatic heterocycles. The molecule has 0 fully saturated rings. The first-order valence-electron chi connectivity index (χ1n) is 6.64. The molecule has 0 radical (unpaired) electrons. The van der Waals surface area contributed by atoms with Crippen molar-refractivity contribution in [3.05, 3.63) is 52.9 Å². The summed E-state index contributed by atoms with van der Waals surface area (Å²) in [5.74, 6) is 0.396. The topological polar surface area (TPSA) is 51.5 Å². The van der Waals surface area contributed by atoms with Crippen molar-refractivity contribution in [2.75, 3.05) is 5.32 Å². The molecule has 0 amide bonds. The van der Waals surface area contributed by atoms with E-state index in [1.165, 1.54) is 0 Å². The van der Waals surface area contributed by atoms with E-state index in [-0.39, 0.29) is 0 Å². The van der Waals surface area contributed by atoms with Crippen molar-refractivity contribution < 1.29 is 13.9 Å². The van der Waals surface area contributed by atoms with Crippen LogP contribution >= 0.6 is 11.6 Å². The van der Waals surface area contributed by atoms with Crippen LogP contribution in [0.4, 0.5) is 5.69 Å². The smallest absolute Gasteiger partial charge is 0.340 e. The van der Waals surface area contributed by atoms with Crippen molar-refractivity contribution in [2.24, 2.45) is 0 Å². The highest BCUT2D eigenvalue weighted by Crippen LogP contribution is 2.24. The second kappa shape index (κ2) is 6.22. The number of carbonyl (C=O) groups excluding carboxylic acids is 1. The Balaban J connectivity index is 2.05. The van der Waals surface area contributed by atoms with Gasteiger partial charge in [0, 0.05) is 5.69 Å². The van der Waals surface area contributed by atoms with Crippen LogP contribution in [0.15, 0.2) is 41.0 Å². The van der Waals surface area contributed by atoms with E-state index in [9.17, 15) is 4.79 Å². The van der Waals surface area contributed by atoms with Crippen LogP contribution in [0.5, 0.6) is 0 Å². The van der Waals surface area contributed by atoms with Crippen molar-refractivity contribution in [2.45, 2.75) is 32.9 Å². The highest BCUT2D eigenvalue weighted by molar-refractivity contribution is 6.33. The first-order valence-corrected chi connectivity index (χ1v) is 7.02. The van der Waals surface area contributed by atoms with Crippen LogP contribution < -0.4 is 5.32 Å². The molecule has 2 rings (SSSR count). The van der Waals surface area contributed by atoms with Crippen LogP contribution in [-0.2, 0) is 11.3 Å². The van der Waals surface area contributed by atoms with Crippen molar-refractivity contribution >= 4 is 23.3 Å². The molecule has 0 spiro atoms. The first-order chi connectivity index (χ1) is 9.85. The van der Waals surface area contributed by atoms with Crippen molar-refractivity contribution in [1.82, 2.24) is 0 Å². The molecule has 5 heteroatoms. The predicted octanol–water partition coefficient (Wildman–Crippen LogP) is 4.50. The van der Waals surface area contributed by atoms with Crippen LogP contribution in [0, 0.1) is 0 Å². The summed E-state index contributed by atoms with van der Waals surface area (Å²) in [5.41, 5.74) is 0.621. The molecule has 112 valence electrons. The predicted molar refractivity (Wildman–Crippen MR) is 82.7 cm³/mol. The average Bonchev–Trinajstić information content (AvgIpc) is 2.87. The molecule has 0 saturated heterocycles. The van der Waals surface area contributed by atoms with Crippen LogP contribution in [0.3, 0.4) is 0 Å². The van der Waals surface area contributed by atoms with Crippen molar-refractivity contribution in [3.8, 4) is 0 Å². The molecule has 0 aliphatic carbocycles. The molecule has 0 unspecified atom stereocenters. The second-order valence-electron chi connectivity index (χ2n) is 5.63.